The third kappa shape index (κ3) is 18.6. The number of aliphatic hydroxyl groups excluding tert-OH is 1. The Labute approximate surface area is 199 Å². The summed E-state index contributed by atoms with van der Waals surface area (Å²) in [6.45, 7) is 3.98. The number of rotatable bonds is 17. The van der Waals surface area contributed by atoms with Crippen molar-refractivity contribution in [3.8, 4) is 0 Å². The minimum Gasteiger partial charge on any atom is -0.748 e. The second-order valence-electron chi connectivity index (χ2n) is 7.08. The van der Waals surface area contributed by atoms with Crippen LogP contribution in [0.1, 0.15) is 110 Å². The van der Waals surface area contributed by atoms with Gasteiger partial charge in [-0.15, -0.1) is 0 Å². The first kappa shape index (κ1) is 28.7. The van der Waals surface area contributed by atoms with E-state index in [0.29, 0.717) is 12.8 Å². The Hall–Kier alpha value is 1.51. The van der Waals surface area contributed by atoms with E-state index in [9.17, 15) is 18.1 Å². The van der Waals surface area contributed by atoms with E-state index in [1.54, 1.807) is 6.92 Å². The van der Waals surface area contributed by atoms with Crippen LogP contribution in [0.2, 0.25) is 0 Å². The molecule has 1 N–H and O–H groups in total. The quantitative estimate of drug-likeness (QED) is 0.230. The van der Waals surface area contributed by atoms with E-state index in [1.807, 2.05) is 0 Å². The molecule has 0 amide bonds. The maximum absolute atomic E-state index is 11.0. The van der Waals surface area contributed by atoms with E-state index in [4.69, 9.17) is 0 Å². The molecule has 0 spiro atoms. The predicted octanol–water partition coefficient (Wildman–Crippen LogP) is 2.16. The van der Waals surface area contributed by atoms with Crippen molar-refractivity contribution >= 4 is 10.1 Å². The van der Waals surface area contributed by atoms with E-state index in [1.165, 1.54) is 32.1 Å². The minimum absolute atomic E-state index is 0. The number of hydrogen-bond donors (Lipinski definition) is 1. The maximum Gasteiger partial charge on any atom is 1.00 e. The second kappa shape index (κ2) is 18.9. The molecule has 0 aromatic heterocycles. The van der Waals surface area contributed by atoms with Crippen LogP contribution in [0, 0.1) is 0 Å². The molecule has 0 aliphatic carbocycles. The van der Waals surface area contributed by atoms with Gasteiger partial charge in [-0.2, -0.15) is 0 Å². The van der Waals surface area contributed by atoms with Crippen LogP contribution in [0.5, 0.6) is 0 Å². The SMILES string of the molecule is CCCCCCCCC(O)CCCCCCCC(CC)S(=O)(=O)[O-].[K+]. The standard InChI is InChI=1S/C19H40O4S.K/c1-3-5-6-7-9-12-15-18(20)16-13-10-8-11-14-17-19(4-2)24(21,22)23;/h18-20H,3-17H2,1-2H3,(H,21,22,23);/q;+1/p-1. The van der Waals surface area contributed by atoms with Crippen LogP contribution < -0.4 is 51.4 Å². The van der Waals surface area contributed by atoms with Crippen LogP contribution in [0.3, 0.4) is 0 Å². The van der Waals surface area contributed by atoms with Gasteiger partial charge in [-0.3, -0.25) is 0 Å². The molecule has 0 saturated heterocycles. The molecular formula is C19H39KO4S. The summed E-state index contributed by atoms with van der Waals surface area (Å²) in [6.07, 6.45) is 15.1. The molecule has 146 valence electrons. The van der Waals surface area contributed by atoms with E-state index >= 15 is 0 Å². The zero-order chi connectivity index (χ0) is 18.3. The van der Waals surface area contributed by atoms with Gasteiger partial charge in [-0.05, 0) is 25.7 Å². The molecule has 0 saturated carbocycles. The zero-order valence-corrected chi connectivity index (χ0v) is 20.8. The van der Waals surface area contributed by atoms with Crippen molar-refractivity contribution in [2.24, 2.45) is 0 Å². The van der Waals surface area contributed by atoms with Gasteiger partial charge in [0.1, 0.15) is 0 Å². The van der Waals surface area contributed by atoms with Gasteiger partial charge in [0.25, 0.3) is 0 Å². The molecule has 25 heavy (non-hydrogen) atoms. The van der Waals surface area contributed by atoms with Crippen LogP contribution in [-0.4, -0.2) is 29.4 Å². The molecule has 0 aromatic carbocycles. The van der Waals surface area contributed by atoms with Gasteiger partial charge in [-0.25, -0.2) is 8.42 Å². The fourth-order valence-electron chi connectivity index (χ4n) is 3.14. The third-order valence-corrected chi connectivity index (χ3v) is 6.20. The fraction of sp³-hybridized carbons (Fsp3) is 1.00. The van der Waals surface area contributed by atoms with Crippen molar-refractivity contribution in [3.63, 3.8) is 0 Å². The van der Waals surface area contributed by atoms with Crippen molar-refractivity contribution in [3.05, 3.63) is 0 Å². The summed E-state index contributed by atoms with van der Waals surface area (Å²) in [6, 6.07) is 0. The van der Waals surface area contributed by atoms with Crippen molar-refractivity contribution < 1.29 is 69.5 Å². The van der Waals surface area contributed by atoms with Gasteiger partial charge in [0, 0.05) is 5.25 Å². The number of unbranched alkanes of at least 4 members (excludes halogenated alkanes) is 9. The zero-order valence-electron chi connectivity index (χ0n) is 16.8. The van der Waals surface area contributed by atoms with Crippen molar-refractivity contribution in [2.75, 3.05) is 0 Å². The monoisotopic (exact) mass is 402 g/mol. The van der Waals surface area contributed by atoms with Crippen LogP contribution in [0.4, 0.5) is 0 Å². The predicted molar refractivity (Wildman–Crippen MR) is 100 cm³/mol. The Balaban J connectivity index is 0. The van der Waals surface area contributed by atoms with Crippen LogP contribution >= 0.6 is 0 Å². The van der Waals surface area contributed by atoms with Crippen LogP contribution in [0.25, 0.3) is 0 Å². The molecular weight excluding hydrogens is 363 g/mol. The minimum atomic E-state index is -4.12. The molecule has 2 atom stereocenters. The summed E-state index contributed by atoms with van der Waals surface area (Å²) < 4.78 is 32.9. The normalized spacial score (nSPS) is 14.1. The molecule has 6 heteroatoms. The van der Waals surface area contributed by atoms with Crippen molar-refractivity contribution in [1.82, 2.24) is 0 Å². The first-order valence-electron chi connectivity index (χ1n) is 10.0. The number of hydrogen-bond acceptors (Lipinski definition) is 4. The molecule has 4 nitrogen and oxygen atoms in total. The Morgan fingerprint density at radius 1 is 0.760 bits per heavy atom. The van der Waals surface area contributed by atoms with Crippen molar-refractivity contribution in [1.29, 1.82) is 0 Å². The molecule has 2 unspecified atom stereocenters. The van der Waals surface area contributed by atoms with Gasteiger partial charge < -0.3 is 9.66 Å². The molecule has 0 fully saturated rings. The average Bonchev–Trinajstić information content (AvgIpc) is 2.52. The van der Waals surface area contributed by atoms with Crippen LogP contribution in [-0.2, 0) is 10.1 Å². The van der Waals surface area contributed by atoms with Crippen molar-refractivity contribution in [2.45, 2.75) is 122 Å². The largest absolute Gasteiger partial charge is 1.00 e. The Kier molecular flexibility index (Phi) is 21.7. The summed E-state index contributed by atoms with van der Waals surface area (Å²) in [7, 11) is -4.12. The van der Waals surface area contributed by atoms with Gasteiger partial charge in [0.2, 0.25) is 0 Å². The summed E-state index contributed by atoms with van der Waals surface area (Å²) in [5, 5.41) is 9.24. The first-order valence-corrected chi connectivity index (χ1v) is 11.5. The second-order valence-corrected chi connectivity index (χ2v) is 8.73. The molecule has 0 radical (unpaired) electrons. The van der Waals surface area contributed by atoms with E-state index in [-0.39, 0.29) is 57.5 Å². The molecule has 0 bridgehead atoms. The Morgan fingerprint density at radius 2 is 1.16 bits per heavy atom. The van der Waals surface area contributed by atoms with Crippen LogP contribution in [0.15, 0.2) is 0 Å². The first-order chi connectivity index (χ1) is 11.4. The summed E-state index contributed by atoms with van der Waals surface area (Å²) >= 11 is 0. The summed E-state index contributed by atoms with van der Waals surface area (Å²) in [5.74, 6) is 0. The summed E-state index contributed by atoms with van der Waals surface area (Å²) in [5.41, 5.74) is 0. The van der Waals surface area contributed by atoms with E-state index < -0.39 is 15.4 Å². The molecule has 0 aliphatic heterocycles. The Bertz CT molecular complexity index is 374. The number of aliphatic hydroxyl groups is 1. The van der Waals surface area contributed by atoms with E-state index in [2.05, 4.69) is 6.92 Å². The fourth-order valence-corrected chi connectivity index (χ4v) is 4.00. The molecule has 0 aromatic rings. The smallest absolute Gasteiger partial charge is 0.748 e. The molecule has 0 heterocycles. The summed E-state index contributed by atoms with van der Waals surface area (Å²) in [4.78, 5) is 0. The average molecular weight is 403 g/mol. The van der Waals surface area contributed by atoms with Gasteiger partial charge in [0.15, 0.2) is 0 Å². The maximum atomic E-state index is 11.0. The molecule has 0 aliphatic rings. The van der Waals surface area contributed by atoms with Gasteiger partial charge in [0.05, 0.1) is 16.2 Å². The Morgan fingerprint density at radius 3 is 1.56 bits per heavy atom. The van der Waals surface area contributed by atoms with Gasteiger partial charge >= 0.3 is 51.4 Å². The third-order valence-electron chi connectivity index (χ3n) is 4.82. The molecule has 0 rings (SSSR count). The topological polar surface area (TPSA) is 77.4 Å². The van der Waals surface area contributed by atoms with E-state index in [0.717, 1.165) is 51.4 Å². The van der Waals surface area contributed by atoms with Gasteiger partial charge in [-0.1, -0.05) is 84.5 Å².